The summed E-state index contributed by atoms with van der Waals surface area (Å²) in [7, 11) is 0. The lowest BCUT2D eigenvalue weighted by Crippen LogP contribution is -1.92. The first-order chi connectivity index (χ1) is 10.3. The van der Waals surface area contributed by atoms with Gasteiger partial charge in [0.25, 0.3) is 0 Å². The van der Waals surface area contributed by atoms with Crippen LogP contribution in [-0.2, 0) is 4.79 Å². The van der Waals surface area contributed by atoms with E-state index < -0.39 is 5.97 Å². The summed E-state index contributed by atoms with van der Waals surface area (Å²) in [5.74, 6) is -0.708. The number of aliphatic carboxylic acids is 1. The normalized spacial score (nSPS) is 12.4. The highest BCUT2D eigenvalue weighted by Gasteiger charge is 1.92. The zero-order chi connectivity index (χ0) is 15.6. The van der Waals surface area contributed by atoms with E-state index in [-0.39, 0.29) is 6.42 Å². The lowest BCUT2D eigenvalue weighted by Gasteiger charge is -1.91. The maximum absolute atomic E-state index is 10.3. The molecule has 118 valence electrons. The molecule has 0 unspecified atom stereocenters. The molecule has 0 aromatic carbocycles. The van der Waals surface area contributed by atoms with Crippen molar-refractivity contribution in [3.63, 3.8) is 0 Å². The molecule has 0 aliphatic heterocycles. The van der Waals surface area contributed by atoms with Crippen LogP contribution in [0.25, 0.3) is 0 Å². The molecular formula is C19H30O2. The van der Waals surface area contributed by atoms with Crippen molar-refractivity contribution in [3.8, 4) is 0 Å². The van der Waals surface area contributed by atoms with Crippen LogP contribution in [0.5, 0.6) is 0 Å². The number of allylic oxidation sites excluding steroid dienone is 8. The van der Waals surface area contributed by atoms with Crippen LogP contribution in [0.2, 0.25) is 0 Å². The number of rotatable bonds is 13. The van der Waals surface area contributed by atoms with Gasteiger partial charge in [-0.15, -0.1) is 0 Å². The lowest BCUT2D eigenvalue weighted by molar-refractivity contribution is -0.137. The van der Waals surface area contributed by atoms with Crippen LogP contribution in [0.3, 0.4) is 0 Å². The Labute approximate surface area is 130 Å². The second-order valence-electron chi connectivity index (χ2n) is 4.97. The highest BCUT2D eigenvalue weighted by molar-refractivity contribution is 5.66. The molecule has 0 spiro atoms. The molecule has 0 rings (SSSR count). The highest BCUT2D eigenvalue weighted by Crippen LogP contribution is 2.01. The molecule has 2 nitrogen and oxygen atoms in total. The average Bonchev–Trinajstić information content (AvgIpc) is 2.46. The lowest BCUT2D eigenvalue weighted by atomic mass is 10.2. The van der Waals surface area contributed by atoms with Crippen molar-refractivity contribution in [2.45, 2.75) is 64.7 Å². The number of carboxylic acid groups (broad SMARTS) is 1. The summed E-state index contributed by atoms with van der Waals surface area (Å²) in [6.07, 6.45) is 25.9. The van der Waals surface area contributed by atoms with Crippen LogP contribution in [0.15, 0.2) is 48.6 Å². The van der Waals surface area contributed by atoms with Gasteiger partial charge in [-0.05, 0) is 51.4 Å². The predicted octanol–water partition coefficient (Wildman–Crippen LogP) is 5.83. The standard InChI is InChI=1S/C19H30O2/c1-2-3-4-5-6-7-8-9-10-11-12-13-14-15-16-17-18-19(20)21/h3-4,7-8,10-11,14-15H,2,5-6,9,12-13,16-18H2,1H3,(H,20,21). The Bertz CT molecular complexity index is 349. The van der Waals surface area contributed by atoms with Gasteiger partial charge in [0, 0.05) is 6.42 Å². The fourth-order valence-electron chi connectivity index (χ4n) is 1.78. The summed E-state index contributed by atoms with van der Waals surface area (Å²) in [6.45, 7) is 2.16. The number of hydrogen-bond donors (Lipinski definition) is 1. The summed E-state index contributed by atoms with van der Waals surface area (Å²) in [6, 6.07) is 0. The molecule has 0 saturated heterocycles. The SMILES string of the molecule is CCC=CCCC=CCC=CCCC=CCCCC(=O)O. The van der Waals surface area contributed by atoms with Gasteiger partial charge >= 0.3 is 5.97 Å². The Morgan fingerprint density at radius 2 is 1.24 bits per heavy atom. The molecule has 0 atom stereocenters. The molecule has 0 radical (unpaired) electrons. The first-order valence-corrected chi connectivity index (χ1v) is 8.09. The predicted molar refractivity (Wildman–Crippen MR) is 91.4 cm³/mol. The Morgan fingerprint density at radius 3 is 1.76 bits per heavy atom. The molecule has 1 N–H and O–H groups in total. The second-order valence-corrected chi connectivity index (χ2v) is 4.97. The summed E-state index contributed by atoms with van der Waals surface area (Å²) in [5.41, 5.74) is 0. The zero-order valence-electron chi connectivity index (χ0n) is 13.3. The molecule has 0 aromatic heterocycles. The molecule has 0 saturated carbocycles. The van der Waals surface area contributed by atoms with Crippen LogP contribution in [-0.4, -0.2) is 11.1 Å². The number of carbonyl (C=O) groups is 1. The van der Waals surface area contributed by atoms with E-state index in [0.717, 1.165) is 51.4 Å². The third-order valence-electron chi connectivity index (χ3n) is 2.94. The van der Waals surface area contributed by atoms with Crippen molar-refractivity contribution < 1.29 is 9.90 Å². The van der Waals surface area contributed by atoms with E-state index in [2.05, 4.69) is 55.5 Å². The zero-order valence-corrected chi connectivity index (χ0v) is 13.3. The molecule has 0 aliphatic carbocycles. The van der Waals surface area contributed by atoms with E-state index in [0.29, 0.717) is 0 Å². The van der Waals surface area contributed by atoms with Crippen molar-refractivity contribution in [1.82, 2.24) is 0 Å². The first-order valence-electron chi connectivity index (χ1n) is 8.09. The molecule has 0 aromatic rings. The van der Waals surface area contributed by atoms with E-state index in [1.807, 2.05) is 0 Å². The Balaban J connectivity index is 3.36. The third kappa shape index (κ3) is 18.4. The smallest absolute Gasteiger partial charge is 0.303 e. The average molecular weight is 290 g/mol. The Kier molecular flexibility index (Phi) is 15.3. The largest absolute Gasteiger partial charge is 0.481 e. The first kappa shape index (κ1) is 19.4. The summed E-state index contributed by atoms with van der Waals surface area (Å²) < 4.78 is 0. The van der Waals surface area contributed by atoms with Gasteiger partial charge in [0.15, 0.2) is 0 Å². The maximum atomic E-state index is 10.3. The molecule has 21 heavy (non-hydrogen) atoms. The van der Waals surface area contributed by atoms with Gasteiger partial charge in [-0.25, -0.2) is 0 Å². The van der Waals surface area contributed by atoms with Gasteiger partial charge in [-0.1, -0.05) is 55.5 Å². The molecule has 0 aliphatic rings. The fraction of sp³-hybridized carbons (Fsp3) is 0.526. The number of hydrogen-bond acceptors (Lipinski definition) is 1. The molecule has 0 heterocycles. The maximum Gasteiger partial charge on any atom is 0.303 e. The van der Waals surface area contributed by atoms with E-state index in [1.54, 1.807) is 0 Å². The molecule has 0 amide bonds. The number of carboxylic acids is 1. The minimum Gasteiger partial charge on any atom is -0.481 e. The van der Waals surface area contributed by atoms with Crippen LogP contribution in [0, 0.1) is 0 Å². The van der Waals surface area contributed by atoms with Crippen LogP contribution >= 0.6 is 0 Å². The van der Waals surface area contributed by atoms with Crippen LogP contribution < -0.4 is 0 Å². The van der Waals surface area contributed by atoms with Gasteiger partial charge in [0.2, 0.25) is 0 Å². The van der Waals surface area contributed by atoms with Crippen molar-refractivity contribution in [2.24, 2.45) is 0 Å². The van der Waals surface area contributed by atoms with Crippen LogP contribution in [0.1, 0.15) is 64.7 Å². The molecule has 2 heteroatoms. The van der Waals surface area contributed by atoms with Crippen LogP contribution in [0.4, 0.5) is 0 Å². The Morgan fingerprint density at radius 1 is 0.762 bits per heavy atom. The summed E-state index contributed by atoms with van der Waals surface area (Å²) in [4.78, 5) is 10.3. The molecular weight excluding hydrogens is 260 g/mol. The fourth-order valence-corrected chi connectivity index (χ4v) is 1.78. The minimum absolute atomic E-state index is 0.269. The highest BCUT2D eigenvalue weighted by atomic mass is 16.4. The van der Waals surface area contributed by atoms with Gasteiger partial charge < -0.3 is 5.11 Å². The summed E-state index contributed by atoms with van der Waals surface area (Å²) in [5, 5.41) is 8.49. The monoisotopic (exact) mass is 290 g/mol. The van der Waals surface area contributed by atoms with Gasteiger partial charge in [0.1, 0.15) is 0 Å². The topological polar surface area (TPSA) is 37.3 Å². The Hall–Kier alpha value is -1.57. The van der Waals surface area contributed by atoms with E-state index in [1.165, 1.54) is 0 Å². The van der Waals surface area contributed by atoms with Gasteiger partial charge in [-0.2, -0.15) is 0 Å². The van der Waals surface area contributed by atoms with Gasteiger partial charge in [-0.3, -0.25) is 4.79 Å². The van der Waals surface area contributed by atoms with Crippen molar-refractivity contribution >= 4 is 5.97 Å². The third-order valence-corrected chi connectivity index (χ3v) is 2.94. The van der Waals surface area contributed by atoms with E-state index >= 15 is 0 Å². The van der Waals surface area contributed by atoms with Crippen molar-refractivity contribution in [3.05, 3.63) is 48.6 Å². The summed E-state index contributed by atoms with van der Waals surface area (Å²) >= 11 is 0. The van der Waals surface area contributed by atoms with E-state index in [4.69, 9.17) is 5.11 Å². The molecule has 0 bridgehead atoms. The minimum atomic E-state index is -0.708. The van der Waals surface area contributed by atoms with E-state index in [9.17, 15) is 4.79 Å². The van der Waals surface area contributed by atoms with Crippen molar-refractivity contribution in [2.75, 3.05) is 0 Å². The second kappa shape index (κ2) is 16.5. The number of unbranched alkanes of at least 4 members (excludes halogenated alkanes) is 3. The van der Waals surface area contributed by atoms with Gasteiger partial charge in [0.05, 0.1) is 0 Å². The van der Waals surface area contributed by atoms with Crippen molar-refractivity contribution in [1.29, 1.82) is 0 Å². The quantitative estimate of drug-likeness (QED) is 0.342. The molecule has 0 fully saturated rings.